The number of H-pyrrole nitrogens is 1. The second kappa shape index (κ2) is 6.00. The Morgan fingerprint density at radius 2 is 2.25 bits per heavy atom. The topological polar surface area (TPSA) is 105 Å². The molecule has 0 radical (unpaired) electrons. The van der Waals surface area contributed by atoms with Crippen molar-refractivity contribution in [1.29, 1.82) is 0 Å². The van der Waals surface area contributed by atoms with Crippen LogP contribution in [0.5, 0.6) is 5.88 Å². The maximum absolute atomic E-state index is 11.8. The van der Waals surface area contributed by atoms with Crippen molar-refractivity contribution in [1.82, 2.24) is 25.5 Å². The van der Waals surface area contributed by atoms with Crippen LogP contribution in [0.15, 0.2) is 18.3 Å². The van der Waals surface area contributed by atoms with Gasteiger partial charge in [-0.3, -0.25) is 5.10 Å². The molecular formula is C12H16N6O2. The summed E-state index contributed by atoms with van der Waals surface area (Å²) in [6, 6.07) is 2.71. The summed E-state index contributed by atoms with van der Waals surface area (Å²) in [5.41, 5.74) is 0.571. The van der Waals surface area contributed by atoms with E-state index in [1.54, 1.807) is 26.0 Å². The Kier molecular flexibility index (Phi) is 4.14. The number of aromatic nitrogens is 4. The van der Waals surface area contributed by atoms with Gasteiger partial charge in [0.25, 0.3) is 0 Å². The first-order valence-corrected chi connectivity index (χ1v) is 6.05. The van der Waals surface area contributed by atoms with Gasteiger partial charge < -0.3 is 15.4 Å². The third-order valence-corrected chi connectivity index (χ3v) is 2.55. The predicted molar refractivity (Wildman–Crippen MR) is 72.5 cm³/mol. The number of ether oxygens (including phenoxy) is 1. The first kappa shape index (κ1) is 13.8. The highest BCUT2D eigenvalue weighted by Crippen LogP contribution is 2.11. The molecule has 0 spiro atoms. The van der Waals surface area contributed by atoms with E-state index in [-0.39, 0.29) is 12.1 Å². The molecular weight excluding hydrogens is 260 g/mol. The summed E-state index contributed by atoms with van der Waals surface area (Å²) in [6.45, 7) is 3.60. The molecule has 0 unspecified atom stereocenters. The van der Waals surface area contributed by atoms with E-state index in [9.17, 15) is 4.79 Å². The standard InChI is InChI=1S/C12H16N6O2/c1-7(11-15-8(2)17-18-11)14-12(19)16-9-4-5-10(20-3)13-6-9/h4-7H,1-3H3,(H2,14,16,19)(H,15,17,18)/t7-/m0/s1. The average molecular weight is 276 g/mol. The molecule has 2 heterocycles. The molecule has 0 bridgehead atoms. The van der Waals surface area contributed by atoms with Gasteiger partial charge in [0, 0.05) is 6.07 Å². The molecule has 0 aromatic carbocycles. The fourth-order valence-corrected chi connectivity index (χ4v) is 1.56. The Morgan fingerprint density at radius 1 is 1.45 bits per heavy atom. The second-order valence-corrected chi connectivity index (χ2v) is 4.19. The minimum absolute atomic E-state index is 0.300. The van der Waals surface area contributed by atoms with Gasteiger partial charge in [-0.05, 0) is 19.9 Å². The van der Waals surface area contributed by atoms with Gasteiger partial charge in [-0.1, -0.05) is 0 Å². The van der Waals surface area contributed by atoms with Crippen molar-refractivity contribution in [2.45, 2.75) is 19.9 Å². The number of nitrogens with one attached hydrogen (secondary N) is 3. The van der Waals surface area contributed by atoms with Crippen LogP contribution >= 0.6 is 0 Å². The summed E-state index contributed by atoms with van der Waals surface area (Å²) in [5.74, 6) is 1.72. The number of amides is 2. The molecule has 0 aliphatic carbocycles. The van der Waals surface area contributed by atoms with E-state index in [4.69, 9.17) is 4.74 Å². The van der Waals surface area contributed by atoms with Crippen molar-refractivity contribution < 1.29 is 9.53 Å². The summed E-state index contributed by atoms with van der Waals surface area (Å²) >= 11 is 0. The maximum Gasteiger partial charge on any atom is 0.319 e. The van der Waals surface area contributed by atoms with Crippen LogP contribution < -0.4 is 15.4 Å². The average Bonchev–Trinajstić information content (AvgIpc) is 2.86. The summed E-state index contributed by atoms with van der Waals surface area (Å²) in [7, 11) is 1.53. The highest BCUT2D eigenvalue weighted by Gasteiger charge is 2.13. The SMILES string of the molecule is COc1ccc(NC(=O)N[C@@H](C)c2n[nH]c(C)n2)cn1. The van der Waals surface area contributed by atoms with E-state index in [2.05, 4.69) is 30.8 Å². The lowest BCUT2D eigenvalue weighted by Crippen LogP contribution is -2.31. The fourth-order valence-electron chi connectivity index (χ4n) is 1.56. The summed E-state index contributed by atoms with van der Waals surface area (Å²) in [4.78, 5) is 20.0. The van der Waals surface area contributed by atoms with E-state index in [0.717, 1.165) is 0 Å². The number of rotatable bonds is 4. The zero-order valence-electron chi connectivity index (χ0n) is 11.5. The van der Waals surface area contributed by atoms with Crippen molar-refractivity contribution in [3.05, 3.63) is 30.0 Å². The molecule has 106 valence electrons. The summed E-state index contributed by atoms with van der Waals surface area (Å²) < 4.78 is 4.94. The van der Waals surface area contributed by atoms with Crippen molar-refractivity contribution in [2.24, 2.45) is 0 Å². The summed E-state index contributed by atoms with van der Waals surface area (Å²) in [5, 5.41) is 12.1. The minimum Gasteiger partial charge on any atom is -0.481 e. The Labute approximate surface area is 116 Å². The van der Waals surface area contributed by atoms with Crippen molar-refractivity contribution in [3.63, 3.8) is 0 Å². The molecule has 3 N–H and O–H groups in total. The van der Waals surface area contributed by atoms with Gasteiger partial charge in [0.2, 0.25) is 5.88 Å². The third-order valence-electron chi connectivity index (χ3n) is 2.55. The highest BCUT2D eigenvalue weighted by atomic mass is 16.5. The van der Waals surface area contributed by atoms with E-state index >= 15 is 0 Å². The molecule has 8 nitrogen and oxygen atoms in total. The van der Waals surface area contributed by atoms with Crippen LogP contribution in [0.2, 0.25) is 0 Å². The Bertz CT molecular complexity index is 580. The van der Waals surface area contributed by atoms with Gasteiger partial charge in [-0.25, -0.2) is 14.8 Å². The first-order valence-electron chi connectivity index (χ1n) is 6.05. The molecule has 2 amide bonds. The lowest BCUT2D eigenvalue weighted by atomic mass is 10.3. The molecule has 0 saturated heterocycles. The number of anilines is 1. The minimum atomic E-state index is -0.355. The lowest BCUT2D eigenvalue weighted by Gasteiger charge is -2.11. The number of hydrogen-bond donors (Lipinski definition) is 3. The highest BCUT2D eigenvalue weighted by molar-refractivity contribution is 5.89. The van der Waals surface area contributed by atoms with Crippen molar-refractivity contribution >= 4 is 11.7 Å². The van der Waals surface area contributed by atoms with Crippen LogP contribution in [0.4, 0.5) is 10.5 Å². The quantitative estimate of drug-likeness (QED) is 0.782. The van der Waals surface area contributed by atoms with E-state index < -0.39 is 0 Å². The number of carbonyl (C=O) groups excluding carboxylic acids is 1. The molecule has 0 aliphatic heterocycles. The first-order chi connectivity index (χ1) is 9.58. The Morgan fingerprint density at radius 3 is 2.80 bits per heavy atom. The molecule has 2 aromatic heterocycles. The molecule has 2 aromatic rings. The largest absolute Gasteiger partial charge is 0.481 e. The number of hydrogen-bond acceptors (Lipinski definition) is 5. The molecule has 0 saturated carbocycles. The van der Waals surface area contributed by atoms with E-state index in [1.807, 2.05) is 0 Å². The zero-order valence-corrected chi connectivity index (χ0v) is 11.5. The van der Waals surface area contributed by atoms with Gasteiger partial charge in [0.15, 0.2) is 5.82 Å². The van der Waals surface area contributed by atoms with Gasteiger partial charge in [-0.15, -0.1) is 0 Å². The third kappa shape index (κ3) is 3.44. The van der Waals surface area contributed by atoms with Gasteiger partial charge in [-0.2, -0.15) is 5.10 Å². The van der Waals surface area contributed by atoms with Crippen molar-refractivity contribution in [3.8, 4) is 5.88 Å². The Balaban J connectivity index is 1.91. The van der Waals surface area contributed by atoms with Crippen LogP contribution in [0, 0.1) is 6.92 Å². The number of aromatic amines is 1. The van der Waals surface area contributed by atoms with Crippen LogP contribution in [0.25, 0.3) is 0 Å². The van der Waals surface area contributed by atoms with Gasteiger partial charge >= 0.3 is 6.03 Å². The van der Waals surface area contributed by atoms with Crippen LogP contribution in [-0.4, -0.2) is 33.3 Å². The lowest BCUT2D eigenvalue weighted by molar-refractivity contribution is 0.249. The molecule has 20 heavy (non-hydrogen) atoms. The molecule has 8 heteroatoms. The molecule has 2 rings (SSSR count). The normalized spacial score (nSPS) is 11.8. The number of aryl methyl sites for hydroxylation is 1. The number of pyridine rings is 1. The number of methoxy groups -OCH3 is 1. The van der Waals surface area contributed by atoms with Crippen molar-refractivity contribution in [2.75, 3.05) is 12.4 Å². The van der Waals surface area contributed by atoms with E-state index in [0.29, 0.717) is 23.2 Å². The Hall–Kier alpha value is -2.64. The van der Waals surface area contributed by atoms with Crippen LogP contribution in [0.3, 0.4) is 0 Å². The van der Waals surface area contributed by atoms with Crippen LogP contribution in [0.1, 0.15) is 24.6 Å². The number of urea groups is 1. The molecule has 0 fully saturated rings. The fraction of sp³-hybridized carbons (Fsp3) is 0.333. The zero-order chi connectivity index (χ0) is 14.5. The summed E-state index contributed by atoms with van der Waals surface area (Å²) in [6.07, 6.45) is 1.51. The predicted octanol–water partition coefficient (Wildman–Crippen LogP) is 1.40. The van der Waals surface area contributed by atoms with Gasteiger partial charge in [0.1, 0.15) is 5.82 Å². The number of nitrogens with zero attached hydrogens (tertiary/aromatic N) is 3. The van der Waals surface area contributed by atoms with E-state index in [1.165, 1.54) is 13.3 Å². The maximum atomic E-state index is 11.8. The van der Waals surface area contributed by atoms with Crippen LogP contribution in [-0.2, 0) is 0 Å². The monoisotopic (exact) mass is 276 g/mol. The van der Waals surface area contributed by atoms with Gasteiger partial charge in [0.05, 0.1) is 25.0 Å². The molecule has 1 atom stereocenters. The smallest absolute Gasteiger partial charge is 0.319 e. The molecule has 0 aliphatic rings. The number of carbonyl (C=O) groups is 1. The second-order valence-electron chi connectivity index (χ2n) is 4.19.